The quantitative estimate of drug-likeness (QED) is 0.672. The first-order valence-corrected chi connectivity index (χ1v) is 3.38. The number of rotatable bonds is 2. The molecule has 0 saturated heterocycles. The number of nitrogens with zero attached hydrogens (tertiary/aromatic N) is 1. The molecule has 0 spiro atoms. The van der Waals surface area contributed by atoms with E-state index in [1.54, 1.807) is 6.26 Å². The van der Waals surface area contributed by atoms with Crippen molar-refractivity contribution in [2.45, 2.75) is 26.3 Å². The summed E-state index contributed by atoms with van der Waals surface area (Å²) in [4.78, 5) is 4.14. The largest absolute Gasteiger partial charge is 0.447 e. The molecule has 0 fully saturated rings. The van der Waals surface area contributed by atoms with Crippen LogP contribution in [-0.4, -0.2) is 4.98 Å². The third-order valence-electron chi connectivity index (χ3n) is 1.34. The highest BCUT2D eigenvalue weighted by molar-refractivity contribution is 5.00. The smallest absolute Gasteiger partial charge is 0.207 e. The van der Waals surface area contributed by atoms with E-state index in [1.807, 2.05) is 0 Å². The maximum Gasteiger partial charge on any atom is 0.207 e. The first kappa shape index (κ1) is 7.28. The Bertz CT molecular complexity index is 205. The summed E-state index contributed by atoms with van der Waals surface area (Å²) in [6, 6.07) is 0. The first-order chi connectivity index (χ1) is 4.74. The van der Waals surface area contributed by atoms with Gasteiger partial charge in [0.25, 0.3) is 0 Å². The van der Waals surface area contributed by atoms with E-state index in [4.69, 9.17) is 10.2 Å². The highest BCUT2D eigenvalue weighted by Gasteiger charge is 2.04. The molecule has 1 heterocycles. The van der Waals surface area contributed by atoms with Crippen LogP contribution in [0.3, 0.4) is 0 Å². The van der Waals surface area contributed by atoms with Gasteiger partial charge >= 0.3 is 0 Å². The van der Waals surface area contributed by atoms with Crippen molar-refractivity contribution in [3.63, 3.8) is 0 Å². The molecule has 1 aromatic heterocycles. The van der Waals surface area contributed by atoms with Crippen molar-refractivity contribution >= 4 is 0 Å². The van der Waals surface area contributed by atoms with E-state index < -0.39 is 0 Å². The average Bonchev–Trinajstić information content (AvgIpc) is 2.34. The van der Waals surface area contributed by atoms with Crippen molar-refractivity contribution in [3.8, 4) is 0 Å². The molecule has 0 saturated carbocycles. The van der Waals surface area contributed by atoms with E-state index in [-0.39, 0.29) is 0 Å². The van der Waals surface area contributed by atoms with E-state index in [9.17, 15) is 0 Å². The van der Waals surface area contributed by atoms with Gasteiger partial charge < -0.3 is 10.2 Å². The fraction of sp³-hybridized carbons (Fsp3) is 0.571. The number of aromatic nitrogens is 1. The molecule has 0 radical (unpaired) electrons. The molecule has 10 heavy (non-hydrogen) atoms. The highest BCUT2D eigenvalue weighted by Crippen LogP contribution is 2.12. The molecule has 0 amide bonds. The number of nitrogens with two attached hydrogens (primary N) is 1. The molecule has 0 aliphatic rings. The predicted molar refractivity (Wildman–Crippen MR) is 38.5 cm³/mol. The Morgan fingerprint density at radius 1 is 1.70 bits per heavy atom. The van der Waals surface area contributed by atoms with E-state index >= 15 is 0 Å². The number of hydrogen-bond donors (Lipinski definition) is 1. The van der Waals surface area contributed by atoms with Crippen LogP contribution in [0.4, 0.5) is 0 Å². The predicted octanol–water partition coefficient (Wildman–Crippen LogP) is 1.26. The number of oxazole rings is 1. The van der Waals surface area contributed by atoms with Gasteiger partial charge in [-0.2, -0.15) is 0 Å². The second-order valence-corrected chi connectivity index (χ2v) is 2.52. The van der Waals surface area contributed by atoms with Crippen LogP contribution in [-0.2, 0) is 6.54 Å². The summed E-state index contributed by atoms with van der Waals surface area (Å²) in [5.41, 5.74) is 6.28. The Morgan fingerprint density at radius 2 is 2.40 bits per heavy atom. The van der Waals surface area contributed by atoms with E-state index in [2.05, 4.69) is 18.8 Å². The summed E-state index contributed by atoms with van der Waals surface area (Å²) in [6.07, 6.45) is 1.66. The standard InChI is InChI=1S/C7H12N2O/c1-5(2)6-4-10-7(3-8)9-6/h4-5H,3,8H2,1-2H3. The zero-order chi connectivity index (χ0) is 7.56. The van der Waals surface area contributed by atoms with Gasteiger partial charge in [-0.15, -0.1) is 0 Å². The summed E-state index contributed by atoms with van der Waals surface area (Å²) in [5.74, 6) is 1.03. The molecule has 0 unspecified atom stereocenters. The summed E-state index contributed by atoms with van der Waals surface area (Å²) in [5, 5.41) is 0. The van der Waals surface area contributed by atoms with Crippen molar-refractivity contribution in [2.75, 3.05) is 0 Å². The van der Waals surface area contributed by atoms with Crippen LogP contribution in [0.5, 0.6) is 0 Å². The van der Waals surface area contributed by atoms with Gasteiger partial charge in [0.1, 0.15) is 6.26 Å². The van der Waals surface area contributed by atoms with E-state index in [0.717, 1.165) is 5.69 Å². The molecule has 1 aromatic rings. The highest BCUT2D eigenvalue weighted by atomic mass is 16.3. The van der Waals surface area contributed by atoms with Gasteiger partial charge in [0.05, 0.1) is 12.2 Å². The van der Waals surface area contributed by atoms with Gasteiger partial charge in [-0.25, -0.2) is 4.98 Å². The van der Waals surface area contributed by atoms with Crippen molar-refractivity contribution in [1.29, 1.82) is 0 Å². The van der Waals surface area contributed by atoms with Gasteiger partial charge in [-0.3, -0.25) is 0 Å². The molecule has 0 bridgehead atoms. The van der Waals surface area contributed by atoms with E-state index in [1.165, 1.54) is 0 Å². The molecule has 0 aliphatic carbocycles. The van der Waals surface area contributed by atoms with Gasteiger partial charge in [0, 0.05) is 0 Å². The van der Waals surface area contributed by atoms with Crippen LogP contribution in [0.15, 0.2) is 10.7 Å². The first-order valence-electron chi connectivity index (χ1n) is 3.38. The normalized spacial score (nSPS) is 10.8. The third kappa shape index (κ3) is 1.36. The van der Waals surface area contributed by atoms with Gasteiger partial charge in [0.2, 0.25) is 5.89 Å². The van der Waals surface area contributed by atoms with E-state index in [0.29, 0.717) is 18.4 Å². The maximum absolute atomic E-state index is 5.31. The third-order valence-corrected chi connectivity index (χ3v) is 1.34. The molecule has 3 nitrogen and oxygen atoms in total. The zero-order valence-corrected chi connectivity index (χ0v) is 6.29. The topological polar surface area (TPSA) is 52.0 Å². The molecular formula is C7H12N2O. The van der Waals surface area contributed by atoms with Gasteiger partial charge in [-0.05, 0) is 5.92 Å². The van der Waals surface area contributed by atoms with Crippen molar-refractivity contribution in [1.82, 2.24) is 4.98 Å². The lowest BCUT2D eigenvalue weighted by molar-refractivity contribution is 0.497. The monoisotopic (exact) mass is 140 g/mol. The second-order valence-electron chi connectivity index (χ2n) is 2.52. The maximum atomic E-state index is 5.31. The van der Waals surface area contributed by atoms with Crippen LogP contribution in [0.25, 0.3) is 0 Å². The minimum Gasteiger partial charge on any atom is -0.447 e. The average molecular weight is 140 g/mol. The SMILES string of the molecule is CC(C)c1coc(CN)n1. The Morgan fingerprint density at radius 3 is 2.70 bits per heavy atom. The zero-order valence-electron chi connectivity index (χ0n) is 6.29. The molecule has 0 aliphatic heterocycles. The Labute approximate surface area is 60.2 Å². The minimum atomic E-state index is 0.382. The van der Waals surface area contributed by atoms with Crippen molar-refractivity contribution in [2.24, 2.45) is 5.73 Å². The number of hydrogen-bond acceptors (Lipinski definition) is 3. The van der Waals surface area contributed by atoms with Crippen LogP contribution in [0, 0.1) is 0 Å². The molecule has 1 rings (SSSR count). The lowest BCUT2D eigenvalue weighted by Crippen LogP contribution is -1.96. The van der Waals surface area contributed by atoms with Crippen LogP contribution in [0.1, 0.15) is 31.4 Å². The summed E-state index contributed by atoms with van der Waals surface area (Å²) >= 11 is 0. The summed E-state index contributed by atoms with van der Waals surface area (Å²) in [6.45, 7) is 4.52. The van der Waals surface area contributed by atoms with Crippen LogP contribution >= 0.6 is 0 Å². The molecule has 0 atom stereocenters. The molecule has 56 valence electrons. The Balaban J connectivity index is 2.78. The lowest BCUT2D eigenvalue weighted by Gasteiger charge is -1.93. The molecule has 3 heteroatoms. The lowest BCUT2D eigenvalue weighted by atomic mass is 10.2. The summed E-state index contributed by atoms with van der Waals surface area (Å²) in [7, 11) is 0. The molecular weight excluding hydrogens is 128 g/mol. The molecule has 0 aromatic carbocycles. The Kier molecular flexibility index (Phi) is 2.06. The molecule has 2 N–H and O–H groups in total. The van der Waals surface area contributed by atoms with Gasteiger partial charge in [-0.1, -0.05) is 13.8 Å². The van der Waals surface area contributed by atoms with Crippen molar-refractivity contribution in [3.05, 3.63) is 17.8 Å². The minimum absolute atomic E-state index is 0.382. The Hall–Kier alpha value is -0.830. The van der Waals surface area contributed by atoms with Gasteiger partial charge in [0.15, 0.2) is 0 Å². The summed E-state index contributed by atoms with van der Waals surface area (Å²) < 4.78 is 5.04. The van der Waals surface area contributed by atoms with Crippen LogP contribution in [0.2, 0.25) is 0 Å². The second kappa shape index (κ2) is 2.84. The fourth-order valence-electron chi connectivity index (χ4n) is 0.684. The van der Waals surface area contributed by atoms with Crippen LogP contribution < -0.4 is 5.73 Å². The fourth-order valence-corrected chi connectivity index (χ4v) is 0.684. The van der Waals surface area contributed by atoms with Crippen molar-refractivity contribution < 1.29 is 4.42 Å².